The Labute approximate surface area is 193 Å². The van der Waals surface area contributed by atoms with Crippen LogP contribution in [0.3, 0.4) is 0 Å². The molecule has 0 radical (unpaired) electrons. The Balaban J connectivity index is 0.000000275. The zero-order valence-corrected chi connectivity index (χ0v) is 19.8. The Morgan fingerprint density at radius 2 is 1.75 bits per heavy atom. The molecule has 0 aliphatic heterocycles. The van der Waals surface area contributed by atoms with Gasteiger partial charge in [0.1, 0.15) is 0 Å². The lowest BCUT2D eigenvalue weighted by molar-refractivity contribution is -0.118. The largest absolute Gasteiger partial charge is 0.345 e. The maximum Gasteiger partial charge on any atom is 0.334 e. The van der Waals surface area contributed by atoms with E-state index in [9.17, 15) is 9.59 Å². The number of benzene rings is 2. The fraction of sp³-hybridized carbons (Fsp3) is 0.320. The molecule has 168 valence electrons. The summed E-state index contributed by atoms with van der Waals surface area (Å²) in [5, 5.41) is 1.60. The van der Waals surface area contributed by atoms with Gasteiger partial charge in [0.05, 0.1) is 16.9 Å². The SMILES string of the molecule is CCCN(C=O)CCC.Cc1c(-c2cccc(Cl)c2)nc2c3ccccc3n(C)c(=O)n12. The van der Waals surface area contributed by atoms with E-state index in [0.717, 1.165) is 60.2 Å². The quantitative estimate of drug-likeness (QED) is 0.383. The highest BCUT2D eigenvalue weighted by Crippen LogP contribution is 2.27. The molecule has 4 aromatic rings. The molecule has 4 rings (SSSR count). The van der Waals surface area contributed by atoms with E-state index < -0.39 is 0 Å². The molecule has 0 aliphatic carbocycles. The number of aromatic nitrogens is 3. The van der Waals surface area contributed by atoms with Gasteiger partial charge in [0, 0.05) is 36.1 Å². The van der Waals surface area contributed by atoms with Gasteiger partial charge in [-0.1, -0.05) is 49.7 Å². The molecule has 2 aromatic heterocycles. The highest BCUT2D eigenvalue weighted by Gasteiger charge is 2.16. The Hall–Kier alpha value is -3.12. The van der Waals surface area contributed by atoms with Crippen molar-refractivity contribution >= 4 is 34.6 Å². The molecule has 0 bridgehead atoms. The summed E-state index contributed by atoms with van der Waals surface area (Å²) < 4.78 is 3.32. The van der Waals surface area contributed by atoms with Gasteiger partial charge in [-0.05, 0) is 44.0 Å². The van der Waals surface area contributed by atoms with Crippen LogP contribution in [0, 0.1) is 6.92 Å². The first-order valence-electron chi connectivity index (χ1n) is 10.8. The van der Waals surface area contributed by atoms with Crippen LogP contribution in [0.15, 0.2) is 53.3 Å². The first-order chi connectivity index (χ1) is 15.4. The Bertz CT molecular complexity index is 1290. The van der Waals surface area contributed by atoms with E-state index >= 15 is 0 Å². The minimum atomic E-state index is -0.100. The second kappa shape index (κ2) is 10.5. The van der Waals surface area contributed by atoms with E-state index in [-0.39, 0.29) is 5.69 Å². The fourth-order valence-electron chi connectivity index (χ4n) is 3.83. The number of amides is 1. The van der Waals surface area contributed by atoms with Gasteiger partial charge in [0.2, 0.25) is 6.41 Å². The number of carbonyl (C=O) groups excluding carboxylic acids is 1. The van der Waals surface area contributed by atoms with Crippen LogP contribution in [0.1, 0.15) is 32.4 Å². The molecule has 32 heavy (non-hydrogen) atoms. The number of hydrogen-bond donors (Lipinski definition) is 0. The van der Waals surface area contributed by atoms with Gasteiger partial charge in [0.25, 0.3) is 0 Å². The maximum absolute atomic E-state index is 12.7. The zero-order valence-electron chi connectivity index (χ0n) is 19.0. The van der Waals surface area contributed by atoms with E-state index in [1.165, 1.54) is 0 Å². The van der Waals surface area contributed by atoms with Crippen LogP contribution in [0.4, 0.5) is 0 Å². The lowest BCUT2D eigenvalue weighted by Crippen LogP contribution is -2.25. The Morgan fingerprint density at radius 3 is 2.38 bits per heavy atom. The average Bonchev–Trinajstić information content (AvgIpc) is 3.15. The molecule has 6 nitrogen and oxygen atoms in total. The summed E-state index contributed by atoms with van der Waals surface area (Å²) in [6.45, 7) is 7.86. The van der Waals surface area contributed by atoms with Gasteiger partial charge in [-0.25, -0.2) is 14.2 Å². The van der Waals surface area contributed by atoms with Gasteiger partial charge in [0.15, 0.2) is 5.65 Å². The van der Waals surface area contributed by atoms with E-state index in [1.807, 2.05) is 55.5 Å². The molecular formula is C25H29ClN4O2. The molecule has 0 fully saturated rings. The second-order valence-corrected chi connectivity index (χ2v) is 8.15. The predicted octanol–water partition coefficient (Wildman–Crippen LogP) is 5.08. The van der Waals surface area contributed by atoms with Gasteiger partial charge < -0.3 is 4.90 Å². The van der Waals surface area contributed by atoms with E-state index in [2.05, 4.69) is 13.8 Å². The van der Waals surface area contributed by atoms with Crippen molar-refractivity contribution in [3.8, 4) is 11.3 Å². The number of hydrogen-bond acceptors (Lipinski definition) is 3. The predicted molar refractivity (Wildman–Crippen MR) is 131 cm³/mol. The molecule has 0 saturated heterocycles. The molecular weight excluding hydrogens is 424 g/mol. The minimum Gasteiger partial charge on any atom is -0.345 e. The Kier molecular flexibility index (Phi) is 7.70. The standard InChI is InChI=1S/C18H14ClN3O.C7H15NO/c1-11-16(12-6-5-7-13(19)10-12)20-17-14-8-3-4-9-15(14)21(2)18(23)22(11)17;1-3-5-8(7-9)6-4-2/h3-10H,1-2H3;7H,3-6H2,1-2H3. The van der Waals surface area contributed by atoms with Crippen LogP contribution in [0.2, 0.25) is 5.02 Å². The van der Waals surface area contributed by atoms with Crippen molar-refractivity contribution in [1.82, 2.24) is 18.9 Å². The number of carbonyl (C=O) groups is 1. The first-order valence-corrected chi connectivity index (χ1v) is 11.2. The number of nitrogens with zero attached hydrogens (tertiary/aromatic N) is 4. The molecule has 0 aliphatic rings. The van der Waals surface area contributed by atoms with E-state index in [0.29, 0.717) is 10.7 Å². The van der Waals surface area contributed by atoms with Crippen molar-refractivity contribution in [3.05, 3.63) is 69.7 Å². The molecule has 0 unspecified atom stereocenters. The summed E-state index contributed by atoms with van der Waals surface area (Å²) >= 11 is 6.10. The van der Waals surface area contributed by atoms with Gasteiger partial charge >= 0.3 is 5.69 Å². The number of para-hydroxylation sites is 1. The highest BCUT2D eigenvalue weighted by molar-refractivity contribution is 6.30. The van der Waals surface area contributed by atoms with Crippen LogP contribution in [-0.4, -0.2) is 38.4 Å². The lowest BCUT2D eigenvalue weighted by Gasteiger charge is -2.13. The third-order valence-electron chi connectivity index (χ3n) is 5.36. The van der Waals surface area contributed by atoms with Crippen molar-refractivity contribution in [2.45, 2.75) is 33.6 Å². The van der Waals surface area contributed by atoms with Crippen LogP contribution < -0.4 is 5.69 Å². The van der Waals surface area contributed by atoms with Gasteiger partial charge in [-0.15, -0.1) is 0 Å². The smallest absolute Gasteiger partial charge is 0.334 e. The molecule has 1 amide bonds. The van der Waals surface area contributed by atoms with Crippen LogP contribution in [0.25, 0.3) is 27.8 Å². The lowest BCUT2D eigenvalue weighted by atomic mass is 10.1. The monoisotopic (exact) mass is 452 g/mol. The molecule has 0 N–H and O–H groups in total. The normalized spacial score (nSPS) is 10.8. The number of imidazole rings is 1. The molecule has 0 atom stereocenters. The third kappa shape index (κ3) is 4.70. The fourth-order valence-corrected chi connectivity index (χ4v) is 4.02. The summed E-state index contributed by atoms with van der Waals surface area (Å²) in [5.41, 5.74) is 3.94. The second-order valence-electron chi connectivity index (χ2n) is 7.72. The van der Waals surface area contributed by atoms with Gasteiger partial charge in [-0.2, -0.15) is 0 Å². The van der Waals surface area contributed by atoms with Crippen LogP contribution in [0.5, 0.6) is 0 Å². The van der Waals surface area contributed by atoms with Crippen molar-refractivity contribution in [3.63, 3.8) is 0 Å². The molecule has 2 heterocycles. The first kappa shape index (κ1) is 23.5. The molecule has 2 aromatic carbocycles. The van der Waals surface area contributed by atoms with Crippen LogP contribution in [-0.2, 0) is 11.8 Å². The summed E-state index contributed by atoms with van der Waals surface area (Å²) in [4.78, 5) is 29.5. The zero-order chi connectivity index (χ0) is 23.3. The molecule has 7 heteroatoms. The summed E-state index contributed by atoms with van der Waals surface area (Å²) in [5.74, 6) is 0. The van der Waals surface area contributed by atoms with Crippen molar-refractivity contribution in [1.29, 1.82) is 0 Å². The average molecular weight is 453 g/mol. The summed E-state index contributed by atoms with van der Waals surface area (Å²) in [6.07, 6.45) is 3.03. The number of fused-ring (bicyclic) bond motifs is 3. The van der Waals surface area contributed by atoms with Gasteiger partial charge in [-0.3, -0.25) is 9.36 Å². The van der Waals surface area contributed by atoms with E-state index in [1.54, 1.807) is 20.9 Å². The molecule has 0 saturated carbocycles. The third-order valence-corrected chi connectivity index (χ3v) is 5.60. The maximum atomic E-state index is 12.7. The van der Waals surface area contributed by atoms with Crippen molar-refractivity contribution in [2.24, 2.45) is 7.05 Å². The Morgan fingerprint density at radius 1 is 1.06 bits per heavy atom. The highest BCUT2D eigenvalue weighted by atomic mass is 35.5. The molecule has 0 spiro atoms. The van der Waals surface area contributed by atoms with Crippen molar-refractivity contribution < 1.29 is 4.79 Å². The number of rotatable bonds is 6. The number of aryl methyl sites for hydroxylation is 2. The minimum absolute atomic E-state index is 0.100. The summed E-state index contributed by atoms with van der Waals surface area (Å²) in [6, 6.07) is 15.3. The summed E-state index contributed by atoms with van der Waals surface area (Å²) in [7, 11) is 1.78. The topological polar surface area (TPSA) is 59.6 Å². The van der Waals surface area contributed by atoms with Crippen LogP contribution >= 0.6 is 11.6 Å². The van der Waals surface area contributed by atoms with Crippen molar-refractivity contribution in [2.75, 3.05) is 13.1 Å². The van der Waals surface area contributed by atoms with E-state index in [4.69, 9.17) is 16.6 Å². The number of halogens is 1.